The molecule has 1 fully saturated rings. The van der Waals surface area contributed by atoms with Crippen LogP contribution < -0.4 is 15.4 Å². The standard InChI is InChI=1S/C15H21ClF2N2O/c1-10(8-11-4-2-3-7-19-11)20-12-5-6-14(13(16)9-12)21-15(17)18/h5-6,9-11,15,19-20H,2-4,7-8H2,1H3. The van der Waals surface area contributed by atoms with Gasteiger partial charge in [-0.3, -0.25) is 0 Å². The average Bonchev–Trinajstić information content (AvgIpc) is 2.42. The van der Waals surface area contributed by atoms with Gasteiger partial charge in [-0.05, 0) is 50.9 Å². The lowest BCUT2D eigenvalue weighted by Crippen LogP contribution is -2.37. The van der Waals surface area contributed by atoms with Gasteiger partial charge >= 0.3 is 6.61 Å². The van der Waals surface area contributed by atoms with Gasteiger partial charge in [-0.15, -0.1) is 0 Å². The molecule has 0 aromatic heterocycles. The molecular formula is C15H21ClF2N2O. The van der Waals surface area contributed by atoms with E-state index in [1.165, 1.54) is 25.3 Å². The number of hydrogen-bond acceptors (Lipinski definition) is 3. The Hall–Kier alpha value is -1.07. The first-order valence-electron chi connectivity index (χ1n) is 7.29. The number of alkyl halides is 2. The summed E-state index contributed by atoms with van der Waals surface area (Å²) in [5.74, 6) is -0.00110. The van der Waals surface area contributed by atoms with Crippen molar-refractivity contribution in [1.29, 1.82) is 0 Å². The smallest absolute Gasteiger partial charge is 0.387 e. The fraction of sp³-hybridized carbons (Fsp3) is 0.600. The van der Waals surface area contributed by atoms with Crippen molar-refractivity contribution in [2.75, 3.05) is 11.9 Å². The van der Waals surface area contributed by atoms with Crippen molar-refractivity contribution in [2.24, 2.45) is 0 Å². The van der Waals surface area contributed by atoms with E-state index in [4.69, 9.17) is 11.6 Å². The summed E-state index contributed by atoms with van der Waals surface area (Å²) in [6.45, 7) is 0.328. The summed E-state index contributed by atoms with van der Waals surface area (Å²) >= 11 is 5.94. The SMILES string of the molecule is CC(CC1CCCCN1)Nc1ccc(OC(F)F)c(Cl)c1. The molecule has 118 valence electrons. The van der Waals surface area contributed by atoms with E-state index in [2.05, 4.69) is 22.3 Å². The van der Waals surface area contributed by atoms with Crippen molar-refractivity contribution < 1.29 is 13.5 Å². The summed E-state index contributed by atoms with van der Waals surface area (Å²) < 4.78 is 28.7. The normalized spacial score (nSPS) is 20.3. The second kappa shape index (κ2) is 7.80. The lowest BCUT2D eigenvalue weighted by Gasteiger charge is -2.27. The quantitative estimate of drug-likeness (QED) is 0.821. The Morgan fingerprint density at radius 2 is 2.24 bits per heavy atom. The fourth-order valence-electron chi connectivity index (χ4n) is 2.68. The highest BCUT2D eigenvalue weighted by atomic mass is 35.5. The lowest BCUT2D eigenvalue weighted by atomic mass is 9.99. The van der Waals surface area contributed by atoms with Crippen molar-refractivity contribution in [3.63, 3.8) is 0 Å². The van der Waals surface area contributed by atoms with Crippen molar-refractivity contribution >= 4 is 17.3 Å². The number of piperidine rings is 1. The van der Waals surface area contributed by atoms with Crippen LogP contribution in [0.1, 0.15) is 32.6 Å². The van der Waals surface area contributed by atoms with Crippen LogP contribution >= 0.6 is 11.6 Å². The Morgan fingerprint density at radius 1 is 1.43 bits per heavy atom. The van der Waals surface area contributed by atoms with Gasteiger partial charge in [-0.2, -0.15) is 8.78 Å². The van der Waals surface area contributed by atoms with Crippen LogP contribution in [0.2, 0.25) is 5.02 Å². The lowest BCUT2D eigenvalue weighted by molar-refractivity contribution is -0.0497. The molecule has 1 saturated heterocycles. The average molecular weight is 319 g/mol. The first-order valence-corrected chi connectivity index (χ1v) is 7.66. The van der Waals surface area contributed by atoms with Crippen LogP contribution in [0.3, 0.4) is 0 Å². The van der Waals surface area contributed by atoms with E-state index < -0.39 is 6.61 Å². The molecule has 0 spiro atoms. The molecule has 1 aromatic rings. The van der Waals surface area contributed by atoms with E-state index in [9.17, 15) is 8.78 Å². The Morgan fingerprint density at radius 3 is 2.86 bits per heavy atom. The zero-order valence-electron chi connectivity index (χ0n) is 12.0. The number of hydrogen-bond donors (Lipinski definition) is 2. The molecular weight excluding hydrogens is 298 g/mol. The number of ether oxygens (including phenoxy) is 1. The van der Waals surface area contributed by atoms with E-state index in [0.717, 1.165) is 18.7 Å². The maximum atomic E-state index is 12.2. The molecule has 6 heteroatoms. The van der Waals surface area contributed by atoms with Crippen LogP contribution in [-0.4, -0.2) is 25.2 Å². The van der Waals surface area contributed by atoms with Gasteiger partial charge in [-0.1, -0.05) is 18.0 Å². The first kappa shape index (κ1) is 16.3. The minimum Gasteiger partial charge on any atom is -0.433 e. The predicted octanol–water partition coefficient (Wildman–Crippen LogP) is 4.27. The summed E-state index contributed by atoms with van der Waals surface area (Å²) in [6.07, 6.45) is 4.75. The van der Waals surface area contributed by atoms with Gasteiger partial charge < -0.3 is 15.4 Å². The Bertz CT molecular complexity index is 453. The molecule has 0 amide bonds. The molecule has 0 radical (unpaired) electrons. The Balaban J connectivity index is 1.88. The van der Waals surface area contributed by atoms with Crippen LogP contribution in [0, 0.1) is 0 Å². The molecule has 2 N–H and O–H groups in total. The highest BCUT2D eigenvalue weighted by Crippen LogP contribution is 2.29. The molecule has 2 unspecified atom stereocenters. The van der Waals surface area contributed by atoms with E-state index in [1.807, 2.05) is 0 Å². The third kappa shape index (κ3) is 5.32. The fourth-order valence-corrected chi connectivity index (χ4v) is 2.90. The minimum absolute atomic E-state index is 0.00110. The number of nitrogens with one attached hydrogen (secondary N) is 2. The maximum absolute atomic E-state index is 12.2. The summed E-state index contributed by atoms with van der Waals surface area (Å²) in [7, 11) is 0. The third-order valence-electron chi connectivity index (χ3n) is 3.61. The van der Waals surface area contributed by atoms with Crippen molar-refractivity contribution in [3.8, 4) is 5.75 Å². The van der Waals surface area contributed by atoms with Crippen LogP contribution in [0.4, 0.5) is 14.5 Å². The maximum Gasteiger partial charge on any atom is 0.387 e. The summed E-state index contributed by atoms with van der Waals surface area (Å²) in [5, 5.41) is 7.04. The van der Waals surface area contributed by atoms with Gasteiger partial charge in [-0.25, -0.2) is 0 Å². The minimum atomic E-state index is -2.86. The molecule has 1 heterocycles. The molecule has 2 rings (SSSR count). The Labute approximate surface area is 129 Å². The van der Waals surface area contributed by atoms with Gasteiger partial charge in [0.05, 0.1) is 5.02 Å². The molecule has 21 heavy (non-hydrogen) atoms. The van der Waals surface area contributed by atoms with Gasteiger partial charge in [0.1, 0.15) is 5.75 Å². The zero-order chi connectivity index (χ0) is 15.2. The van der Waals surface area contributed by atoms with Gasteiger partial charge in [0.25, 0.3) is 0 Å². The van der Waals surface area contributed by atoms with Crippen LogP contribution in [0.25, 0.3) is 0 Å². The van der Waals surface area contributed by atoms with E-state index in [-0.39, 0.29) is 16.8 Å². The second-order valence-electron chi connectivity index (χ2n) is 5.45. The van der Waals surface area contributed by atoms with E-state index >= 15 is 0 Å². The monoisotopic (exact) mass is 318 g/mol. The van der Waals surface area contributed by atoms with Crippen molar-refractivity contribution in [1.82, 2.24) is 5.32 Å². The molecule has 0 aliphatic carbocycles. The van der Waals surface area contributed by atoms with Crippen LogP contribution in [0.5, 0.6) is 5.75 Å². The van der Waals surface area contributed by atoms with Crippen molar-refractivity contribution in [2.45, 2.75) is 51.3 Å². The molecule has 1 aliphatic heterocycles. The molecule has 1 aliphatic rings. The molecule has 0 bridgehead atoms. The molecule has 0 saturated carbocycles. The molecule has 2 atom stereocenters. The molecule has 1 aromatic carbocycles. The zero-order valence-corrected chi connectivity index (χ0v) is 12.8. The van der Waals surface area contributed by atoms with E-state index in [1.54, 1.807) is 12.1 Å². The summed E-state index contributed by atoms with van der Waals surface area (Å²) in [6, 6.07) is 5.60. The third-order valence-corrected chi connectivity index (χ3v) is 3.91. The Kier molecular flexibility index (Phi) is 6.06. The highest BCUT2D eigenvalue weighted by molar-refractivity contribution is 6.32. The first-order chi connectivity index (χ1) is 10.0. The number of anilines is 1. The molecule has 3 nitrogen and oxygen atoms in total. The van der Waals surface area contributed by atoms with Crippen molar-refractivity contribution in [3.05, 3.63) is 23.2 Å². The topological polar surface area (TPSA) is 33.3 Å². The van der Waals surface area contributed by atoms with Gasteiger partial charge in [0, 0.05) is 17.8 Å². The summed E-state index contributed by atoms with van der Waals surface area (Å²) in [5.41, 5.74) is 0.810. The van der Waals surface area contributed by atoms with Gasteiger partial charge in [0.2, 0.25) is 0 Å². The predicted molar refractivity (Wildman–Crippen MR) is 81.4 cm³/mol. The highest BCUT2D eigenvalue weighted by Gasteiger charge is 2.16. The largest absolute Gasteiger partial charge is 0.433 e. The number of halogens is 3. The van der Waals surface area contributed by atoms with E-state index in [0.29, 0.717) is 6.04 Å². The van der Waals surface area contributed by atoms with Gasteiger partial charge in [0.15, 0.2) is 0 Å². The van der Waals surface area contributed by atoms with Crippen LogP contribution in [0.15, 0.2) is 18.2 Å². The van der Waals surface area contributed by atoms with Crippen LogP contribution in [-0.2, 0) is 0 Å². The number of benzene rings is 1. The number of rotatable bonds is 6. The second-order valence-corrected chi connectivity index (χ2v) is 5.86. The summed E-state index contributed by atoms with van der Waals surface area (Å²) in [4.78, 5) is 0.